The van der Waals surface area contributed by atoms with Gasteiger partial charge in [0.05, 0.1) is 46.3 Å². The summed E-state index contributed by atoms with van der Waals surface area (Å²) in [6, 6.07) is 33.5. The van der Waals surface area contributed by atoms with Gasteiger partial charge in [-0.15, -0.1) is 0 Å². The fraction of sp³-hybridized carbons (Fsp3) is 0.339. The second-order valence-corrected chi connectivity index (χ2v) is 19.9. The Balaban J connectivity index is 0.000000123. The van der Waals surface area contributed by atoms with Crippen LogP contribution in [0.1, 0.15) is 76.1 Å². The molecule has 362 valence electrons. The Hall–Kier alpha value is -6.53. The molecule has 71 heavy (non-hydrogen) atoms. The van der Waals surface area contributed by atoms with Crippen LogP contribution >= 0.6 is 23.2 Å². The summed E-state index contributed by atoms with van der Waals surface area (Å²) in [4.78, 5) is 17.8. The van der Waals surface area contributed by atoms with Crippen LogP contribution in [0.15, 0.2) is 128 Å². The van der Waals surface area contributed by atoms with E-state index in [-0.39, 0.29) is 0 Å². The molecule has 13 nitrogen and oxygen atoms in total. The van der Waals surface area contributed by atoms with Gasteiger partial charge in [0, 0.05) is 112 Å². The first-order valence-corrected chi connectivity index (χ1v) is 25.5. The molecule has 15 heteroatoms. The fourth-order valence-electron chi connectivity index (χ4n) is 10.2. The first-order valence-electron chi connectivity index (χ1n) is 24.7. The van der Waals surface area contributed by atoms with Crippen LogP contribution < -0.4 is 0 Å². The number of pyridine rings is 3. The molecule has 0 N–H and O–H groups in total. The van der Waals surface area contributed by atoms with Crippen molar-refractivity contribution in [2.45, 2.75) is 76.5 Å². The summed E-state index contributed by atoms with van der Waals surface area (Å²) in [5, 5.41) is 28.5. The first-order chi connectivity index (χ1) is 34.7. The lowest BCUT2D eigenvalue weighted by Crippen LogP contribution is -2.39. The Labute approximate surface area is 424 Å². The van der Waals surface area contributed by atoms with Crippen molar-refractivity contribution in [1.29, 1.82) is 5.26 Å². The third kappa shape index (κ3) is 10.6. The number of halogens is 2. The van der Waals surface area contributed by atoms with E-state index >= 15 is 0 Å². The number of hydrogen-bond donors (Lipinski definition) is 0. The van der Waals surface area contributed by atoms with Crippen molar-refractivity contribution in [1.82, 2.24) is 54.1 Å². The van der Waals surface area contributed by atoms with Crippen LogP contribution in [-0.4, -0.2) is 107 Å². The SMILES string of the molecule is CC(C)N1CCC(n2nc(-c3ccc(Cl)cc3)c3cnccc32)CC1.CN1CCC(n2nc(-c3ccc(C#N)cc3)c3cnccc32)CC1.Clc1ccc(-c2nn(C3CCOCC3)c3ccncc23)cc1. The molecule has 9 heterocycles. The summed E-state index contributed by atoms with van der Waals surface area (Å²) in [5.41, 5.74) is 10.2. The molecular weight excluding hydrogens is 928 g/mol. The minimum Gasteiger partial charge on any atom is -0.381 e. The summed E-state index contributed by atoms with van der Waals surface area (Å²) in [6.07, 6.45) is 17.7. The number of ether oxygens (including phenoxy) is 1. The van der Waals surface area contributed by atoms with E-state index in [0.29, 0.717) is 29.7 Å². The Kier molecular flexibility index (Phi) is 14.8. The van der Waals surface area contributed by atoms with Gasteiger partial charge in [-0.3, -0.25) is 29.0 Å². The van der Waals surface area contributed by atoms with E-state index in [1.807, 2.05) is 122 Å². The standard InChI is InChI=1S/C20H23ClN4.C19H19N5.C17H16ClN3O/c1-14(2)24-11-8-17(9-12-24)25-19-7-10-22-13-18(19)20(23-25)15-3-5-16(21)6-4-15;1-23-10-7-16(8-11-23)24-18-6-9-21-13-17(18)19(22-24)15-4-2-14(12-20)3-5-15;18-13-3-1-12(2-4-13)17-15-11-19-8-5-16(15)21(20-17)14-6-9-22-10-7-14/h3-7,10,13-14,17H,8-9,11-12H2,1-2H3;2-6,9,13,16H,7-8,10-11H2,1H3;1-5,8,11,14H,6-7,9-10H2. The number of nitrogens with zero attached hydrogens (tertiary/aromatic N) is 12. The van der Waals surface area contributed by atoms with Crippen LogP contribution in [0.5, 0.6) is 0 Å². The lowest BCUT2D eigenvalue weighted by Gasteiger charge is -2.34. The quantitative estimate of drug-likeness (QED) is 0.152. The number of nitriles is 1. The van der Waals surface area contributed by atoms with Gasteiger partial charge >= 0.3 is 0 Å². The minimum atomic E-state index is 0.389. The maximum absolute atomic E-state index is 8.98. The summed E-state index contributed by atoms with van der Waals surface area (Å²) < 4.78 is 12.0. The normalized spacial score (nSPS) is 16.5. The molecule has 12 rings (SSSR count). The average Bonchev–Trinajstić information content (AvgIpc) is 4.13. The molecular formula is C56H58Cl2N12O. The number of hydrogen-bond acceptors (Lipinski definition) is 10. The number of likely N-dealkylation sites (tertiary alicyclic amines) is 2. The van der Waals surface area contributed by atoms with Crippen LogP contribution in [0, 0.1) is 11.3 Å². The van der Waals surface area contributed by atoms with E-state index in [2.05, 4.69) is 71.8 Å². The third-order valence-corrected chi connectivity index (χ3v) is 14.7. The smallest absolute Gasteiger partial charge is 0.102 e. The van der Waals surface area contributed by atoms with Gasteiger partial charge in [-0.1, -0.05) is 59.6 Å². The van der Waals surface area contributed by atoms with Gasteiger partial charge in [-0.2, -0.15) is 20.6 Å². The Bertz CT molecular complexity index is 3250. The highest BCUT2D eigenvalue weighted by atomic mass is 35.5. The molecule has 0 radical (unpaired) electrons. The maximum Gasteiger partial charge on any atom is 0.102 e. The molecule has 6 aromatic heterocycles. The van der Waals surface area contributed by atoms with Crippen molar-refractivity contribution in [3.8, 4) is 39.8 Å². The van der Waals surface area contributed by atoms with Crippen molar-refractivity contribution in [3.63, 3.8) is 0 Å². The Morgan fingerprint density at radius 1 is 0.521 bits per heavy atom. The van der Waals surface area contributed by atoms with Crippen LogP contribution in [0.3, 0.4) is 0 Å². The maximum atomic E-state index is 8.98. The second-order valence-electron chi connectivity index (χ2n) is 19.0. The molecule has 0 unspecified atom stereocenters. The third-order valence-electron chi connectivity index (χ3n) is 14.2. The number of fused-ring (bicyclic) bond motifs is 3. The van der Waals surface area contributed by atoms with Gasteiger partial charge in [0.25, 0.3) is 0 Å². The van der Waals surface area contributed by atoms with Crippen LogP contribution in [0.4, 0.5) is 0 Å². The van der Waals surface area contributed by atoms with Gasteiger partial charge in [-0.25, -0.2) is 0 Å². The number of benzene rings is 3. The van der Waals surface area contributed by atoms with Gasteiger partial charge in [-0.05, 0) is 127 Å². The van der Waals surface area contributed by atoms with E-state index in [1.54, 1.807) is 0 Å². The lowest BCUT2D eigenvalue weighted by molar-refractivity contribution is 0.0675. The summed E-state index contributed by atoms with van der Waals surface area (Å²) in [6.45, 7) is 10.6. The van der Waals surface area contributed by atoms with E-state index in [4.69, 9.17) is 48.5 Å². The van der Waals surface area contributed by atoms with Crippen LogP contribution in [-0.2, 0) is 4.74 Å². The molecule has 3 fully saturated rings. The van der Waals surface area contributed by atoms with Gasteiger partial charge in [0.15, 0.2) is 0 Å². The topological polar surface area (TPSA) is 132 Å². The van der Waals surface area contributed by atoms with E-state index in [1.165, 1.54) is 5.52 Å². The van der Waals surface area contributed by atoms with Crippen molar-refractivity contribution < 1.29 is 4.74 Å². The van der Waals surface area contributed by atoms with Crippen molar-refractivity contribution in [3.05, 3.63) is 144 Å². The zero-order valence-electron chi connectivity index (χ0n) is 40.4. The van der Waals surface area contributed by atoms with E-state index in [0.717, 1.165) is 149 Å². The first kappa shape index (κ1) is 48.1. The molecule has 0 amide bonds. The average molecular weight is 986 g/mol. The van der Waals surface area contributed by atoms with Crippen molar-refractivity contribution >= 4 is 55.9 Å². The molecule has 3 aromatic carbocycles. The van der Waals surface area contributed by atoms with E-state index in [9.17, 15) is 0 Å². The zero-order valence-corrected chi connectivity index (χ0v) is 42.0. The zero-order chi connectivity index (χ0) is 48.8. The number of aromatic nitrogens is 9. The summed E-state index contributed by atoms with van der Waals surface area (Å²) in [7, 11) is 2.17. The van der Waals surface area contributed by atoms with Crippen LogP contribution in [0.2, 0.25) is 10.0 Å². The predicted octanol–water partition coefficient (Wildman–Crippen LogP) is 12.1. The van der Waals surface area contributed by atoms with Crippen LogP contribution in [0.25, 0.3) is 66.5 Å². The second kappa shape index (κ2) is 21.9. The molecule has 3 saturated heterocycles. The molecule has 0 bridgehead atoms. The predicted molar refractivity (Wildman–Crippen MR) is 283 cm³/mol. The minimum absolute atomic E-state index is 0.389. The molecule has 9 aromatic rings. The van der Waals surface area contributed by atoms with Crippen molar-refractivity contribution in [2.75, 3.05) is 46.4 Å². The molecule has 3 aliphatic rings. The highest BCUT2D eigenvalue weighted by Gasteiger charge is 2.27. The molecule has 0 saturated carbocycles. The van der Waals surface area contributed by atoms with E-state index < -0.39 is 0 Å². The summed E-state index contributed by atoms with van der Waals surface area (Å²) in [5.74, 6) is 0. The number of rotatable bonds is 7. The van der Waals surface area contributed by atoms with Crippen molar-refractivity contribution in [2.24, 2.45) is 0 Å². The highest BCUT2D eigenvalue weighted by molar-refractivity contribution is 6.31. The molecule has 0 atom stereocenters. The van der Waals surface area contributed by atoms with Gasteiger partial charge < -0.3 is 14.5 Å². The fourth-order valence-corrected chi connectivity index (χ4v) is 10.4. The largest absolute Gasteiger partial charge is 0.381 e. The Morgan fingerprint density at radius 2 is 0.887 bits per heavy atom. The number of piperidine rings is 2. The van der Waals surface area contributed by atoms with Gasteiger partial charge in [0.2, 0.25) is 0 Å². The molecule has 0 aliphatic carbocycles. The monoisotopic (exact) mass is 984 g/mol. The Morgan fingerprint density at radius 3 is 1.27 bits per heavy atom. The summed E-state index contributed by atoms with van der Waals surface area (Å²) >= 11 is 12.0. The molecule has 0 spiro atoms. The lowest BCUT2D eigenvalue weighted by atomic mass is 10.0. The molecule has 3 aliphatic heterocycles. The van der Waals surface area contributed by atoms with Gasteiger partial charge in [0.1, 0.15) is 17.1 Å². The highest BCUT2D eigenvalue weighted by Crippen LogP contribution is 2.36.